The maximum absolute atomic E-state index is 11.2. The van der Waals surface area contributed by atoms with Gasteiger partial charge in [0.25, 0.3) is 11.4 Å². The van der Waals surface area contributed by atoms with E-state index in [-0.39, 0.29) is 11.4 Å². The predicted molar refractivity (Wildman–Crippen MR) is 102 cm³/mol. The molecule has 3 aromatic rings. The van der Waals surface area contributed by atoms with Crippen LogP contribution in [-0.4, -0.2) is 19.8 Å². The van der Waals surface area contributed by atoms with Crippen LogP contribution in [0.2, 0.25) is 0 Å². The minimum atomic E-state index is -0.647. The summed E-state index contributed by atoms with van der Waals surface area (Å²) in [7, 11) is 0. The fourth-order valence-electron chi connectivity index (χ4n) is 2.43. The maximum atomic E-state index is 11.2. The summed E-state index contributed by atoms with van der Waals surface area (Å²) >= 11 is 1.24. The van der Waals surface area contributed by atoms with E-state index in [2.05, 4.69) is 9.97 Å². The fraction of sp³-hybridized carbons (Fsp3) is 0.111. The summed E-state index contributed by atoms with van der Waals surface area (Å²) in [5.41, 5.74) is 2.88. The molecule has 0 spiro atoms. The van der Waals surface area contributed by atoms with Crippen LogP contribution in [0.5, 0.6) is 0 Å². The molecule has 0 aliphatic heterocycles. The first-order valence-electron chi connectivity index (χ1n) is 7.87. The van der Waals surface area contributed by atoms with Crippen LogP contribution in [0.4, 0.5) is 11.4 Å². The Morgan fingerprint density at radius 2 is 1.63 bits per heavy atom. The number of hydrogen-bond acceptors (Lipinski definition) is 7. The predicted octanol–water partition coefficient (Wildman–Crippen LogP) is 4.56. The van der Waals surface area contributed by atoms with E-state index in [4.69, 9.17) is 0 Å². The average molecular weight is 382 g/mol. The van der Waals surface area contributed by atoms with Gasteiger partial charge in [0.05, 0.1) is 32.2 Å². The SMILES string of the molecule is Cc1ccnc(-c2cc(CSc3ccc([N+](=O)[O-])cc3[N+](=O)[O-])ccn2)c1. The molecule has 8 nitrogen and oxygen atoms in total. The van der Waals surface area contributed by atoms with E-state index in [1.54, 1.807) is 12.4 Å². The van der Waals surface area contributed by atoms with Crippen molar-refractivity contribution in [2.45, 2.75) is 17.6 Å². The molecular formula is C18H14N4O4S. The molecule has 0 unspecified atom stereocenters. The first kappa shape index (κ1) is 18.5. The van der Waals surface area contributed by atoms with Crippen molar-refractivity contribution in [2.24, 2.45) is 0 Å². The third-order valence-corrected chi connectivity index (χ3v) is 4.88. The van der Waals surface area contributed by atoms with Crippen molar-refractivity contribution in [2.75, 3.05) is 0 Å². The van der Waals surface area contributed by atoms with Crippen molar-refractivity contribution < 1.29 is 9.85 Å². The van der Waals surface area contributed by atoms with Crippen molar-refractivity contribution in [1.82, 2.24) is 9.97 Å². The first-order valence-corrected chi connectivity index (χ1v) is 8.86. The number of rotatable bonds is 6. The normalized spacial score (nSPS) is 10.6. The summed E-state index contributed by atoms with van der Waals surface area (Å²) in [4.78, 5) is 29.8. The van der Waals surface area contributed by atoms with Gasteiger partial charge in [0, 0.05) is 24.2 Å². The van der Waals surface area contributed by atoms with Crippen LogP contribution >= 0.6 is 11.8 Å². The third-order valence-electron chi connectivity index (χ3n) is 3.75. The highest BCUT2D eigenvalue weighted by Crippen LogP contribution is 2.34. The van der Waals surface area contributed by atoms with E-state index in [9.17, 15) is 20.2 Å². The van der Waals surface area contributed by atoms with Crippen LogP contribution in [0.3, 0.4) is 0 Å². The van der Waals surface area contributed by atoms with Crippen molar-refractivity contribution in [1.29, 1.82) is 0 Å². The van der Waals surface area contributed by atoms with Crippen LogP contribution in [0.25, 0.3) is 11.4 Å². The summed E-state index contributed by atoms with van der Waals surface area (Å²) in [6.07, 6.45) is 3.38. The molecule has 0 saturated heterocycles. The molecule has 0 fully saturated rings. The molecule has 2 aromatic heterocycles. The number of aromatic nitrogens is 2. The van der Waals surface area contributed by atoms with Crippen LogP contribution in [0.1, 0.15) is 11.1 Å². The zero-order chi connectivity index (χ0) is 19.4. The lowest BCUT2D eigenvalue weighted by molar-refractivity contribution is -0.396. The number of aryl methyl sites for hydroxylation is 1. The molecular weight excluding hydrogens is 368 g/mol. The van der Waals surface area contributed by atoms with E-state index in [1.807, 2.05) is 31.2 Å². The van der Waals surface area contributed by atoms with Gasteiger partial charge in [-0.25, -0.2) is 0 Å². The van der Waals surface area contributed by atoms with E-state index >= 15 is 0 Å². The van der Waals surface area contributed by atoms with Gasteiger partial charge in [-0.2, -0.15) is 0 Å². The molecule has 3 rings (SSSR count). The van der Waals surface area contributed by atoms with Gasteiger partial charge < -0.3 is 0 Å². The van der Waals surface area contributed by atoms with Crippen LogP contribution in [0.15, 0.2) is 59.8 Å². The lowest BCUT2D eigenvalue weighted by Gasteiger charge is -2.06. The maximum Gasteiger partial charge on any atom is 0.289 e. The minimum Gasteiger partial charge on any atom is -0.258 e. The summed E-state index contributed by atoms with van der Waals surface area (Å²) in [6, 6.07) is 11.2. The average Bonchev–Trinajstić information content (AvgIpc) is 2.66. The fourth-order valence-corrected chi connectivity index (χ4v) is 3.37. The molecule has 0 saturated carbocycles. The summed E-state index contributed by atoms with van der Waals surface area (Å²) in [5.74, 6) is 0.458. The zero-order valence-electron chi connectivity index (χ0n) is 14.2. The van der Waals surface area contributed by atoms with E-state index in [0.717, 1.165) is 28.6 Å². The van der Waals surface area contributed by atoms with E-state index in [1.165, 1.54) is 23.9 Å². The molecule has 0 aliphatic rings. The lowest BCUT2D eigenvalue weighted by Crippen LogP contribution is -1.95. The Hall–Kier alpha value is -3.33. The summed E-state index contributed by atoms with van der Waals surface area (Å²) in [5, 5.41) is 22.1. The van der Waals surface area contributed by atoms with E-state index < -0.39 is 9.85 Å². The molecule has 0 aliphatic carbocycles. The van der Waals surface area contributed by atoms with Crippen LogP contribution in [-0.2, 0) is 5.75 Å². The highest BCUT2D eigenvalue weighted by atomic mass is 32.2. The number of nitro groups is 2. The third kappa shape index (κ3) is 4.45. The van der Waals surface area contributed by atoms with E-state index in [0.29, 0.717) is 10.6 Å². The Morgan fingerprint density at radius 1 is 0.926 bits per heavy atom. The Kier molecular flexibility index (Phi) is 5.41. The van der Waals surface area contributed by atoms with Crippen molar-refractivity contribution in [3.8, 4) is 11.4 Å². The summed E-state index contributed by atoms with van der Waals surface area (Å²) in [6.45, 7) is 1.97. The van der Waals surface area contributed by atoms with Gasteiger partial charge in [-0.3, -0.25) is 30.2 Å². The van der Waals surface area contributed by atoms with Crippen molar-refractivity contribution >= 4 is 23.1 Å². The lowest BCUT2D eigenvalue weighted by atomic mass is 10.1. The Bertz CT molecular complexity index is 1030. The molecule has 136 valence electrons. The molecule has 0 N–H and O–H groups in total. The molecule has 0 amide bonds. The van der Waals surface area contributed by atoms with Crippen LogP contribution < -0.4 is 0 Å². The van der Waals surface area contributed by atoms with Gasteiger partial charge in [-0.05, 0) is 48.4 Å². The van der Waals surface area contributed by atoms with Crippen LogP contribution in [0, 0.1) is 27.2 Å². The standard InChI is InChI=1S/C18H14N4O4S/c1-12-4-6-19-15(8-12)16-9-13(5-7-20-16)11-27-18-3-2-14(21(23)24)10-17(18)22(25)26/h2-10H,11H2,1H3. The quantitative estimate of drug-likeness (QED) is 0.349. The number of pyridine rings is 2. The highest BCUT2D eigenvalue weighted by molar-refractivity contribution is 7.98. The number of nitrogens with zero attached hydrogens (tertiary/aromatic N) is 4. The number of hydrogen-bond donors (Lipinski definition) is 0. The number of thioether (sulfide) groups is 1. The largest absolute Gasteiger partial charge is 0.289 e. The zero-order valence-corrected chi connectivity index (χ0v) is 15.0. The summed E-state index contributed by atoms with van der Waals surface area (Å²) < 4.78 is 0. The van der Waals surface area contributed by atoms with Crippen molar-refractivity contribution in [3.05, 3.63) is 86.2 Å². The van der Waals surface area contributed by atoms with Gasteiger partial charge in [0.15, 0.2) is 0 Å². The van der Waals surface area contributed by atoms with Gasteiger partial charge >= 0.3 is 0 Å². The molecule has 9 heteroatoms. The number of nitro benzene ring substituents is 2. The second-order valence-electron chi connectivity index (χ2n) is 5.72. The van der Waals surface area contributed by atoms with Gasteiger partial charge in [-0.1, -0.05) is 0 Å². The first-order chi connectivity index (χ1) is 12.9. The monoisotopic (exact) mass is 382 g/mol. The highest BCUT2D eigenvalue weighted by Gasteiger charge is 2.19. The molecule has 2 heterocycles. The molecule has 1 aromatic carbocycles. The molecule has 0 radical (unpaired) electrons. The smallest absolute Gasteiger partial charge is 0.258 e. The minimum absolute atomic E-state index is 0.274. The van der Waals surface area contributed by atoms with Gasteiger partial charge in [0.1, 0.15) is 0 Å². The second-order valence-corrected chi connectivity index (χ2v) is 6.74. The topological polar surface area (TPSA) is 112 Å². The van der Waals surface area contributed by atoms with Gasteiger partial charge in [-0.15, -0.1) is 11.8 Å². The Morgan fingerprint density at radius 3 is 2.30 bits per heavy atom. The van der Waals surface area contributed by atoms with Gasteiger partial charge in [0.2, 0.25) is 0 Å². The molecule has 0 bridgehead atoms. The second kappa shape index (κ2) is 7.92. The molecule has 0 atom stereocenters. The Balaban J connectivity index is 1.82. The molecule has 27 heavy (non-hydrogen) atoms. The number of benzene rings is 1. The Labute approximate surface area is 158 Å². The van der Waals surface area contributed by atoms with Crippen molar-refractivity contribution in [3.63, 3.8) is 0 Å². The number of non-ortho nitro benzene ring substituents is 1.